The van der Waals surface area contributed by atoms with E-state index >= 15 is 0 Å². The summed E-state index contributed by atoms with van der Waals surface area (Å²) < 4.78 is 28.7. The molecule has 0 fully saturated rings. The third kappa shape index (κ3) is 7.69. The molecule has 3 rings (SSSR count). The number of hydrogen-bond acceptors (Lipinski definition) is 4. The topological polar surface area (TPSA) is 86.8 Å². The van der Waals surface area contributed by atoms with Gasteiger partial charge in [-0.25, -0.2) is 8.42 Å². The lowest BCUT2D eigenvalue weighted by Gasteiger charge is -2.33. The fraction of sp³-hybridized carbons (Fsp3) is 0.310. The Balaban J connectivity index is 2.06. The van der Waals surface area contributed by atoms with E-state index in [0.717, 1.165) is 9.87 Å². The van der Waals surface area contributed by atoms with Gasteiger partial charge in [0, 0.05) is 33.2 Å². The van der Waals surface area contributed by atoms with Crippen molar-refractivity contribution in [3.63, 3.8) is 0 Å². The summed E-state index contributed by atoms with van der Waals surface area (Å²) in [5, 5.41) is 3.91. The molecule has 214 valence electrons. The van der Waals surface area contributed by atoms with Crippen molar-refractivity contribution in [1.82, 2.24) is 10.2 Å². The van der Waals surface area contributed by atoms with Crippen LogP contribution < -0.4 is 9.62 Å². The Kier molecular flexibility index (Phi) is 10.9. The fourth-order valence-electron chi connectivity index (χ4n) is 3.88. The summed E-state index contributed by atoms with van der Waals surface area (Å²) in [5.41, 5.74) is 1.66. The van der Waals surface area contributed by atoms with Gasteiger partial charge in [0.05, 0.1) is 10.6 Å². The molecular weight excluding hydrogens is 593 g/mol. The largest absolute Gasteiger partial charge is 0.352 e. The van der Waals surface area contributed by atoms with Crippen LogP contribution in [-0.4, -0.2) is 43.8 Å². The molecule has 0 aromatic heterocycles. The number of carbonyl (C=O) groups is 2. The number of halogens is 3. The number of amides is 2. The van der Waals surface area contributed by atoms with Crippen LogP contribution in [0.4, 0.5) is 5.69 Å². The highest BCUT2D eigenvalue weighted by Crippen LogP contribution is 2.29. The summed E-state index contributed by atoms with van der Waals surface area (Å²) in [6, 6.07) is 16.4. The molecule has 0 aliphatic heterocycles. The zero-order valence-electron chi connectivity index (χ0n) is 22.7. The molecule has 0 unspecified atom stereocenters. The van der Waals surface area contributed by atoms with Gasteiger partial charge in [0.15, 0.2) is 0 Å². The first kappa shape index (κ1) is 31.7. The van der Waals surface area contributed by atoms with Crippen molar-refractivity contribution < 1.29 is 18.0 Å². The van der Waals surface area contributed by atoms with Gasteiger partial charge in [0.25, 0.3) is 10.0 Å². The Morgan fingerprint density at radius 3 is 2.02 bits per heavy atom. The summed E-state index contributed by atoms with van der Waals surface area (Å²) in [6.07, 6.45) is 0.698. The van der Waals surface area contributed by atoms with Crippen molar-refractivity contribution >= 4 is 62.3 Å². The van der Waals surface area contributed by atoms with Gasteiger partial charge < -0.3 is 10.2 Å². The molecule has 0 spiro atoms. The van der Waals surface area contributed by atoms with E-state index in [-0.39, 0.29) is 23.4 Å². The quantitative estimate of drug-likeness (QED) is 0.265. The van der Waals surface area contributed by atoms with E-state index in [2.05, 4.69) is 5.32 Å². The van der Waals surface area contributed by atoms with Crippen molar-refractivity contribution in [2.45, 2.75) is 57.6 Å². The van der Waals surface area contributed by atoms with Gasteiger partial charge in [-0.15, -0.1) is 0 Å². The molecular formula is C29H32Cl3N3O4S. The Hall–Kier alpha value is -2.78. The highest BCUT2D eigenvalue weighted by Gasteiger charge is 2.33. The van der Waals surface area contributed by atoms with E-state index in [0.29, 0.717) is 32.7 Å². The average molecular weight is 625 g/mol. The molecule has 2 atom stereocenters. The number of nitrogens with zero attached hydrogens (tertiary/aromatic N) is 2. The van der Waals surface area contributed by atoms with Crippen molar-refractivity contribution in [1.29, 1.82) is 0 Å². The van der Waals surface area contributed by atoms with E-state index in [1.165, 1.54) is 29.2 Å². The molecule has 0 saturated heterocycles. The molecule has 2 amide bonds. The highest BCUT2D eigenvalue weighted by atomic mass is 35.5. The second kappa shape index (κ2) is 13.7. The molecule has 0 aliphatic carbocycles. The monoisotopic (exact) mass is 623 g/mol. The second-order valence-corrected chi connectivity index (χ2v) is 12.6. The molecule has 3 aromatic rings. The average Bonchev–Trinajstić information content (AvgIpc) is 2.91. The first-order valence-corrected chi connectivity index (χ1v) is 15.3. The smallest absolute Gasteiger partial charge is 0.264 e. The van der Waals surface area contributed by atoms with Gasteiger partial charge in [0.1, 0.15) is 12.6 Å². The van der Waals surface area contributed by atoms with Crippen LogP contribution in [0.15, 0.2) is 71.6 Å². The normalized spacial score (nSPS) is 12.9. The summed E-state index contributed by atoms with van der Waals surface area (Å²) in [5.74, 6) is -0.991. The maximum absolute atomic E-state index is 14.0. The summed E-state index contributed by atoms with van der Waals surface area (Å²) in [7, 11) is -4.20. The summed E-state index contributed by atoms with van der Waals surface area (Å²) in [6.45, 7) is 6.58. The Bertz CT molecular complexity index is 1430. The van der Waals surface area contributed by atoms with Crippen LogP contribution in [0.1, 0.15) is 38.3 Å². The van der Waals surface area contributed by atoms with E-state index in [1.54, 1.807) is 49.4 Å². The maximum atomic E-state index is 14.0. The van der Waals surface area contributed by atoms with Gasteiger partial charge in [-0.1, -0.05) is 65.5 Å². The maximum Gasteiger partial charge on any atom is 0.264 e. The SMILES string of the molecule is CC[C@H](C)NC(=O)[C@H](C)N(Cc1c(Cl)cccc1Cl)C(=O)CN(c1ccc(C)cc1)S(=O)(=O)c1ccc(Cl)cc1. The number of benzene rings is 3. The lowest BCUT2D eigenvalue weighted by molar-refractivity contribution is -0.139. The minimum absolute atomic E-state index is 0.0338. The highest BCUT2D eigenvalue weighted by molar-refractivity contribution is 7.92. The molecule has 0 saturated carbocycles. The molecule has 0 bridgehead atoms. The van der Waals surface area contributed by atoms with Crippen LogP contribution >= 0.6 is 34.8 Å². The Morgan fingerprint density at radius 2 is 1.48 bits per heavy atom. The van der Waals surface area contributed by atoms with Crippen LogP contribution in [0.3, 0.4) is 0 Å². The second-order valence-electron chi connectivity index (χ2n) is 9.52. The summed E-state index contributed by atoms with van der Waals surface area (Å²) >= 11 is 18.8. The predicted octanol–water partition coefficient (Wildman–Crippen LogP) is 6.48. The third-order valence-corrected chi connectivity index (χ3v) is 9.31. The zero-order chi connectivity index (χ0) is 29.6. The number of aryl methyl sites for hydroxylation is 1. The number of anilines is 1. The van der Waals surface area contributed by atoms with Gasteiger partial charge in [-0.2, -0.15) is 0 Å². The number of hydrogen-bond donors (Lipinski definition) is 1. The molecule has 40 heavy (non-hydrogen) atoms. The lowest BCUT2D eigenvalue weighted by atomic mass is 10.1. The molecule has 0 heterocycles. The van der Waals surface area contributed by atoms with Gasteiger partial charge >= 0.3 is 0 Å². The number of rotatable bonds is 11. The molecule has 11 heteroatoms. The van der Waals surface area contributed by atoms with Crippen LogP contribution in [0.5, 0.6) is 0 Å². The van der Waals surface area contributed by atoms with Gasteiger partial charge in [-0.05, 0) is 75.7 Å². The van der Waals surface area contributed by atoms with Crippen molar-refractivity contribution in [3.05, 3.63) is 92.9 Å². The predicted molar refractivity (Wildman–Crippen MR) is 162 cm³/mol. The Labute approximate surface area is 251 Å². The van der Waals surface area contributed by atoms with Crippen LogP contribution in [-0.2, 0) is 26.2 Å². The van der Waals surface area contributed by atoms with E-state index < -0.39 is 28.5 Å². The summed E-state index contributed by atoms with van der Waals surface area (Å²) in [4.78, 5) is 28.4. The van der Waals surface area contributed by atoms with E-state index in [4.69, 9.17) is 34.8 Å². The first-order chi connectivity index (χ1) is 18.8. The molecule has 1 N–H and O–H groups in total. The standard InChI is InChI=1S/C29H32Cl3N3O4S/c1-5-20(3)33-29(37)21(4)34(17-25-26(31)7-6-8-27(25)32)28(36)18-35(23-13-9-19(2)10-14-23)40(38,39)24-15-11-22(30)12-16-24/h6-16,20-21H,5,17-18H2,1-4H3,(H,33,37)/t20-,21-/m0/s1. The number of sulfonamides is 1. The van der Waals surface area contributed by atoms with Crippen molar-refractivity contribution in [3.8, 4) is 0 Å². The van der Waals surface area contributed by atoms with E-state index in [1.807, 2.05) is 20.8 Å². The van der Waals surface area contributed by atoms with Gasteiger partial charge in [0.2, 0.25) is 11.8 Å². The molecule has 7 nitrogen and oxygen atoms in total. The third-order valence-electron chi connectivity index (χ3n) is 6.56. The zero-order valence-corrected chi connectivity index (χ0v) is 25.8. The Morgan fingerprint density at radius 1 is 0.900 bits per heavy atom. The minimum atomic E-state index is -4.20. The molecule has 0 radical (unpaired) electrons. The van der Waals surface area contributed by atoms with Crippen LogP contribution in [0.25, 0.3) is 0 Å². The fourth-order valence-corrected chi connectivity index (χ4v) is 5.93. The van der Waals surface area contributed by atoms with Crippen molar-refractivity contribution in [2.75, 3.05) is 10.8 Å². The van der Waals surface area contributed by atoms with E-state index in [9.17, 15) is 18.0 Å². The molecule has 0 aliphatic rings. The van der Waals surface area contributed by atoms with Crippen LogP contribution in [0.2, 0.25) is 15.1 Å². The number of carbonyl (C=O) groups excluding carboxylic acids is 2. The minimum Gasteiger partial charge on any atom is -0.352 e. The first-order valence-electron chi connectivity index (χ1n) is 12.7. The lowest BCUT2D eigenvalue weighted by Crippen LogP contribution is -2.52. The number of nitrogens with one attached hydrogen (secondary N) is 1. The van der Waals surface area contributed by atoms with Crippen molar-refractivity contribution in [2.24, 2.45) is 0 Å². The molecule has 3 aromatic carbocycles. The van der Waals surface area contributed by atoms with Crippen LogP contribution in [0, 0.1) is 6.92 Å². The van der Waals surface area contributed by atoms with Gasteiger partial charge in [-0.3, -0.25) is 13.9 Å².